The van der Waals surface area contributed by atoms with Crippen LogP contribution >= 0.6 is 0 Å². The topological polar surface area (TPSA) is 119 Å². The minimum absolute atomic E-state index is 0.0408. The van der Waals surface area contributed by atoms with Crippen LogP contribution in [0.3, 0.4) is 0 Å². The van der Waals surface area contributed by atoms with Gasteiger partial charge in [0.25, 0.3) is 17.5 Å². The van der Waals surface area contributed by atoms with Crippen LogP contribution in [0.5, 0.6) is 0 Å². The number of carbonyl (C=O) groups is 2. The van der Waals surface area contributed by atoms with Crippen LogP contribution in [0.4, 0.5) is 11.4 Å². The maximum Gasteiger partial charge on any atom is 0.282 e. The lowest BCUT2D eigenvalue weighted by Gasteiger charge is -2.48. The smallest absolute Gasteiger partial charge is 0.282 e. The number of nitro groups is 1. The van der Waals surface area contributed by atoms with E-state index in [1.165, 1.54) is 12.1 Å². The molecule has 2 amide bonds. The van der Waals surface area contributed by atoms with Crippen molar-refractivity contribution in [2.24, 2.45) is 11.7 Å². The summed E-state index contributed by atoms with van der Waals surface area (Å²) >= 11 is 0. The molecular weight excluding hydrogens is 432 g/mol. The Bertz CT molecular complexity index is 1290. The molecule has 1 saturated heterocycles. The van der Waals surface area contributed by atoms with Gasteiger partial charge >= 0.3 is 0 Å². The standard InChI is InChI=1S/C26H26N4O4/c27-25(31)21-15-20(8-10-23(21)30(33)34)29-12-11-16-5-9-22(24(29)13-16)28-26(32)19-7-6-17-3-1-2-4-18(17)14-19/h1-4,6-8,10,14-16,22,24H,5,9,11-13H2,(H2,27,31)(H,28,32). The Balaban J connectivity index is 1.41. The molecule has 3 aromatic rings. The average Bonchev–Trinajstić information content (AvgIpc) is 2.85. The summed E-state index contributed by atoms with van der Waals surface area (Å²) in [6.07, 6.45) is 3.84. The molecule has 0 aromatic heterocycles. The molecule has 8 heteroatoms. The molecule has 2 fully saturated rings. The molecule has 3 unspecified atom stereocenters. The molecule has 174 valence electrons. The number of piperidine rings is 1. The zero-order valence-electron chi connectivity index (χ0n) is 18.6. The highest BCUT2D eigenvalue weighted by Crippen LogP contribution is 2.38. The number of hydrogen-bond acceptors (Lipinski definition) is 5. The molecule has 5 rings (SSSR count). The maximum absolute atomic E-state index is 13.2. The molecule has 2 bridgehead atoms. The number of hydrogen-bond donors (Lipinski definition) is 2. The lowest BCUT2D eigenvalue weighted by Crippen LogP contribution is -2.58. The zero-order valence-corrected chi connectivity index (χ0v) is 18.6. The number of primary amides is 1. The van der Waals surface area contributed by atoms with Gasteiger partial charge < -0.3 is 16.0 Å². The van der Waals surface area contributed by atoms with Gasteiger partial charge in [-0.1, -0.05) is 30.3 Å². The van der Waals surface area contributed by atoms with E-state index < -0.39 is 10.8 Å². The predicted octanol–water partition coefficient (Wildman–Crippen LogP) is 4.02. The molecule has 34 heavy (non-hydrogen) atoms. The third kappa shape index (κ3) is 4.07. The summed E-state index contributed by atoms with van der Waals surface area (Å²) in [5.74, 6) is -0.349. The van der Waals surface area contributed by atoms with Gasteiger partial charge in [0.15, 0.2) is 0 Å². The molecule has 1 aliphatic heterocycles. The first-order valence-electron chi connectivity index (χ1n) is 11.6. The summed E-state index contributed by atoms with van der Waals surface area (Å²) in [6.45, 7) is 0.758. The van der Waals surface area contributed by atoms with E-state index in [1.54, 1.807) is 6.07 Å². The molecule has 8 nitrogen and oxygen atoms in total. The number of benzene rings is 3. The Hall–Kier alpha value is -3.94. The number of anilines is 1. The van der Waals surface area contributed by atoms with Gasteiger partial charge in [0.05, 0.1) is 4.92 Å². The molecule has 3 aromatic carbocycles. The van der Waals surface area contributed by atoms with Crippen LogP contribution in [-0.2, 0) is 0 Å². The Labute approximate surface area is 196 Å². The maximum atomic E-state index is 13.2. The fraction of sp³-hybridized carbons (Fsp3) is 0.308. The fourth-order valence-corrected chi connectivity index (χ4v) is 5.46. The van der Waals surface area contributed by atoms with Crippen LogP contribution in [-0.4, -0.2) is 35.4 Å². The normalized spacial score (nSPS) is 21.8. The zero-order chi connectivity index (χ0) is 23.8. The van der Waals surface area contributed by atoms with E-state index in [2.05, 4.69) is 10.2 Å². The summed E-state index contributed by atoms with van der Waals surface area (Å²) in [4.78, 5) is 37.9. The first kappa shape index (κ1) is 21.9. The third-order valence-electron chi connectivity index (χ3n) is 7.21. The lowest BCUT2D eigenvalue weighted by molar-refractivity contribution is -0.385. The van der Waals surface area contributed by atoms with Crippen molar-refractivity contribution in [3.05, 3.63) is 81.9 Å². The van der Waals surface area contributed by atoms with E-state index in [4.69, 9.17) is 5.73 Å². The van der Waals surface area contributed by atoms with Crippen molar-refractivity contribution in [3.8, 4) is 0 Å². The van der Waals surface area contributed by atoms with E-state index in [1.807, 2.05) is 42.5 Å². The molecule has 2 aliphatic rings. The Morgan fingerprint density at radius 2 is 1.79 bits per heavy atom. The molecule has 0 radical (unpaired) electrons. The van der Waals surface area contributed by atoms with Crippen LogP contribution in [0.1, 0.15) is 46.4 Å². The van der Waals surface area contributed by atoms with Crippen molar-refractivity contribution < 1.29 is 14.5 Å². The molecule has 3 atom stereocenters. The van der Waals surface area contributed by atoms with Gasteiger partial charge in [0.1, 0.15) is 5.56 Å². The Morgan fingerprint density at radius 1 is 1.00 bits per heavy atom. The lowest BCUT2D eigenvalue weighted by atomic mass is 9.76. The molecule has 1 heterocycles. The van der Waals surface area contributed by atoms with E-state index in [0.717, 1.165) is 48.7 Å². The average molecular weight is 459 g/mol. The number of nitrogens with two attached hydrogens (primary N) is 1. The monoisotopic (exact) mass is 458 g/mol. The van der Waals surface area contributed by atoms with Crippen molar-refractivity contribution in [1.29, 1.82) is 0 Å². The van der Waals surface area contributed by atoms with E-state index in [0.29, 0.717) is 11.5 Å². The van der Waals surface area contributed by atoms with Gasteiger partial charge in [0, 0.05) is 35.9 Å². The predicted molar refractivity (Wildman–Crippen MR) is 130 cm³/mol. The fourth-order valence-electron chi connectivity index (χ4n) is 5.46. The SMILES string of the molecule is NC(=O)c1cc(N2CCC3CCC(NC(=O)c4ccc5ccccc5c4)C2C3)ccc1[N+](=O)[O-]. The van der Waals surface area contributed by atoms with Crippen LogP contribution in [0.2, 0.25) is 0 Å². The van der Waals surface area contributed by atoms with Crippen molar-refractivity contribution in [3.63, 3.8) is 0 Å². The van der Waals surface area contributed by atoms with E-state index in [9.17, 15) is 19.7 Å². The van der Waals surface area contributed by atoms with Crippen LogP contribution < -0.4 is 16.0 Å². The number of rotatable bonds is 5. The molecule has 3 N–H and O–H groups in total. The summed E-state index contributed by atoms with van der Waals surface area (Å²) in [6, 6.07) is 18.1. The van der Waals surface area contributed by atoms with Crippen LogP contribution in [0.15, 0.2) is 60.7 Å². The van der Waals surface area contributed by atoms with Gasteiger partial charge in [-0.25, -0.2) is 0 Å². The highest BCUT2D eigenvalue weighted by atomic mass is 16.6. The highest BCUT2D eigenvalue weighted by Gasteiger charge is 2.39. The van der Waals surface area contributed by atoms with Gasteiger partial charge in [-0.05, 0) is 66.6 Å². The minimum atomic E-state index is -0.826. The number of nitrogens with one attached hydrogen (secondary N) is 1. The van der Waals surface area contributed by atoms with E-state index in [-0.39, 0.29) is 29.2 Å². The third-order valence-corrected chi connectivity index (χ3v) is 7.21. The second-order valence-corrected chi connectivity index (χ2v) is 9.19. The van der Waals surface area contributed by atoms with Crippen LogP contribution in [0.25, 0.3) is 10.8 Å². The summed E-state index contributed by atoms with van der Waals surface area (Å²) in [7, 11) is 0. The van der Waals surface area contributed by atoms with Gasteiger partial charge in [-0.2, -0.15) is 0 Å². The number of carbonyl (C=O) groups excluding carboxylic acids is 2. The second-order valence-electron chi connectivity index (χ2n) is 9.19. The van der Waals surface area contributed by atoms with Gasteiger partial charge in [0.2, 0.25) is 0 Å². The molecular formula is C26H26N4O4. The summed E-state index contributed by atoms with van der Waals surface area (Å²) in [5, 5.41) is 16.7. The molecule has 1 saturated carbocycles. The summed E-state index contributed by atoms with van der Waals surface area (Å²) in [5.41, 5.74) is 6.37. The van der Waals surface area contributed by atoms with E-state index >= 15 is 0 Å². The number of nitro benzene ring substituents is 1. The first-order chi connectivity index (χ1) is 16.4. The number of amides is 2. The van der Waals surface area contributed by atoms with Crippen molar-refractivity contribution in [1.82, 2.24) is 5.32 Å². The van der Waals surface area contributed by atoms with Crippen molar-refractivity contribution in [2.45, 2.75) is 37.8 Å². The second kappa shape index (κ2) is 8.78. The Morgan fingerprint density at radius 3 is 2.56 bits per heavy atom. The largest absolute Gasteiger partial charge is 0.366 e. The summed E-state index contributed by atoms with van der Waals surface area (Å²) < 4.78 is 0. The quantitative estimate of drug-likeness (QED) is 0.442. The highest BCUT2D eigenvalue weighted by molar-refractivity contribution is 5.99. The number of fused-ring (bicyclic) bond motifs is 3. The first-order valence-corrected chi connectivity index (χ1v) is 11.6. The van der Waals surface area contributed by atoms with Crippen molar-refractivity contribution in [2.75, 3.05) is 11.4 Å². The minimum Gasteiger partial charge on any atom is -0.366 e. The number of nitrogens with zero attached hydrogens (tertiary/aromatic N) is 2. The molecule has 0 spiro atoms. The van der Waals surface area contributed by atoms with Gasteiger partial charge in [-0.15, -0.1) is 0 Å². The molecule has 1 aliphatic carbocycles. The Kier molecular flexibility index (Phi) is 5.65. The van der Waals surface area contributed by atoms with Crippen LogP contribution in [0, 0.1) is 16.0 Å². The van der Waals surface area contributed by atoms with Gasteiger partial charge in [-0.3, -0.25) is 19.7 Å². The van der Waals surface area contributed by atoms with Crippen molar-refractivity contribution >= 4 is 34.0 Å².